The zero-order chi connectivity index (χ0) is 25.4. The molecule has 2 aliphatic rings. The standard InChI is InChI=1S/C22H33NO9S2/c1-6-9-23(10-16-7-8-16)22(33)34-21-20(31-15(5)27)19(30-14(4)26)18(29-13(3)25)17(32-21)11-28-12(2)24/h16-21H,6-11H2,1-5H3/t17?,18-,19?,20?,21+/m1/s1. The molecule has 1 aliphatic heterocycles. The van der Waals surface area contributed by atoms with Crippen molar-refractivity contribution in [3.05, 3.63) is 0 Å². The summed E-state index contributed by atoms with van der Waals surface area (Å²) in [5.74, 6) is -1.93. The Kier molecular flexibility index (Phi) is 11.0. The monoisotopic (exact) mass is 519 g/mol. The molecule has 2 rings (SSSR count). The van der Waals surface area contributed by atoms with Crippen LogP contribution in [0, 0.1) is 5.92 Å². The molecule has 10 nitrogen and oxygen atoms in total. The smallest absolute Gasteiger partial charge is 0.303 e. The van der Waals surface area contributed by atoms with Gasteiger partial charge in [0.15, 0.2) is 23.7 Å². The van der Waals surface area contributed by atoms with Gasteiger partial charge in [-0.05, 0) is 25.2 Å². The zero-order valence-corrected chi connectivity index (χ0v) is 21.8. The fourth-order valence-electron chi connectivity index (χ4n) is 3.60. The zero-order valence-electron chi connectivity index (χ0n) is 20.1. The molecule has 34 heavy (non-hydrogen) atoms. The SMILES string of the molecule is CCCN(CC1CC1)C(=S)S[C@@H]1OC(COC(C)=O)[C@@H](OC(C)=O)C(OC(C)=O)C1OC(C)=O. The van der Waals surface area contributed by atoms with Crippen molar-refractivity contribution in [2.75, 3.05) is 19.7 Å². The van der Waals surface area contributed by atoms with Gasteiger partial charge in [0.2, 0.25) is 0 Å². The third-order valence-electron chi connectivity index (χ3n) is 5.09. The molecule has 0 N–H and O–H groups in total. The highest BCUT2D eigenvalue weighted by Gasteiger charge is 2.52. The molecule has 2 fully saturated rings. The third-order valence-corrected chi connectivity index (χ3v) is 6.71. The molecule has 5 atom stereocenters. The van der Waals surface area contributed by atoms with Crippen LogP contribution in [0.4, 0.5) is 0 Å². The minimum absolute atomic E-state index is 0.262. The van der Waals surface area contributed by atoms with Crippen molar-refractivity contribution in [2.45, 2.75) is 83.7 Å². The number of thiocarbonyl (C=S) groups is 1. The molecule has 0 aromatic rings. The number of carbonyl (C=O) groups is 4. The fraction of sp³-hybridized carbons (Fsp3) is 0.773. The van der Waals surface area contributed by atoms with Crippen LogP contribution in [0.25, 0.3) is 0 Å². The van der Waals surface area contributed by atoms with Gasteiger partial charge in [-0.25, -0.2) is 0 Å². The van der Waals surface area contributed by atoms with Crippen LogP contribution in [-0.2, 0) is 42.9 Å². The van der Waals surface area contributed by atoms with Crippen LogP contribution in [0.15, 0.2) is 0 Å². The second-order valence-corrected chi connectivity index (χ2v) is 10.1. The van der Waals surface area contributed by atoms with Crippen molar-refractivity contribution < 1.29 is 42.9 Å². The molecular weight excluding hydrogens is 486 g/mol. The van der Waals surface area contributed by atoms with Crippen molar-refractivity contribution in [3.63, 3.8) is 0 Å². The van der Waals surface area contributed by atoms with E-state index in [1.54, 1.807) is 0 Å². The predicted octanol–water partition coefficient (Wildman–Crippen LogP) is 2.21. The van der Waals surface area contributed by atoms with E-state index in [1.165, 1.54) is 27.7 Å². The topological polar surface area (TPSA) is 118 Å². The van der Waals surface area contributed by atoms with Gasteiger partial charge in [0.05, 0.1) is 0 Å². The highest BCUT2D eigenvalue weighted by molar-refractivity contribution is 8.23. The minimum Gasteiger partial charge on any atom is -0.463 e. The Balaban J connectivity index is 2.35. The van der Waals surface area contributed by atoms with Crippen LogP contribution < -0.4 is 0 Å². The normalized spacial score (nSPS) is 26.2. The Bertz CT molecular complexity index is 773. The number of hydrogen-bond acceptors (Lipinski definition) is 11. The fourth-order valence-corrected chi connectivity index (χ4v) is 5.10. The van der Waals surface area contributed by atoms with E-state index in [9.17, 15) is 19.2 Å². The van der Waals surface area contributed by atoms with Crippen molar-refractivity contribution in [2.24, 2.45) is 5.92 Å². The molecule has 0 amide bonds. The van der Waals surface area contributed by atoms with E-state index in [2.05, 4.69) is 11.8 Å². The maximum absolute atomic E-state index is 11.9. The first kappa shape index (κ1) is 28.3. The molecule has 12 heteroatoms. The van der Waals surface area contributed by atoms with E-state index in [0.717, 1.165) is 44.1 Å². The molecule has 0 spiro atoms. The van der Waals surface area contributed by atoms with Crippen LogP contribution >= 0.6 is 24.0 Å². The summed E-state index contributed by atoms with van der Waals surface area (Å²) in [6.45, 7) is 8.20. The van der Waals surface area contributed by atoms with Gasteiger partial charge in [-0.15, -0.1) is 0 Å². The van der Waals surface area contributed by atoms with Crippen LogP contribution in [-0.4, -0.2) is 82.6 Å². The Labute approximate surface area is 209 Å². The highest BCUT2D eigenvalue weighted by atomic mass is 32.2. The van der Waals surface area contributed by atoms with E-state index in [1.807, 2.05) is 0 Å². The number of thioether (sulfide) groups is 1. The first-order chi connectivity index (χ1) is 16.0. The summed E-state index contributed by atoms with van der Waals surface area (Å²) < 4.78 is 28.1. The predicted molar refractivity (Wildman–Crippen MR) is 127 cm³/mol. The summed E-state index contributed by atoms with van der Waals surface area (Å²) in [6, 6.07) is 0. The van der Waals surface area contributed by atoms with Crippen LogP contribution in [0.5, 0.6) is 0 Å². The summed E-state index contributed by atoms with van der Waals surface area (Å²) in [7, 11) is 0. The van der Waals surface area contributed by atoms with Gasteiger partial charge >= 0.3 is 23.9 Å². The molecule has 3 unspecified atom stereocenters. The lowest BCUT2D eigenvalue weighted by molar-refractivity contribution is -0.237. The van der Waals surface area contributed by atoms with Gasteiger partial charge in [-0.1, -0.05) is 30.9 Å². The molecule has 0 bridgehead atoms. The van der Waals surface area contributed by atoms with E-state index in [4.69, 9.17) is 35.9 Å². The van der Waals surface area contributed by atoms with Crippen molar-refractivity contribution >= 4 is 52.2 Å². The Morgan fingerprint density at radius 2 is 1.47 bits per heavy atom. The average molecular weight is 520 g/mol. The van der Waals surface area contributed by atoms with Crippen LogP contribution in [0.1, 0.15) is 53.9 Å². The quantitative estimate of drug-likeness (QED) is 0.239. The minimum atomic E-state index is -1.19. The second-order valence-electron chi connectivity index (χ2n) is 8.34. The first-order valence-electron chi connectivity index (χ1n) is 11.3. The second kappa shape index (κ2) is 13.2. The van der Waals surface area contributed by atoms with Crippen molar-refractivity contribution in [3.8, 4) is 0 Å². The lowest BCUT2D eigenvalue weighted by Gasteiger charge is -2.44. The van der Waals surface area contributed by atoms with E-state index in [-0.39, 0.29) is 6.61 Å². The summed E-state index contributed by atoms with van der Waals surface area (Å²) in [4.78, 5) is 49.2. The number of carbonyl (C=O) groups excluding carboxylic acids is 4. The summed E-state index contributed by atoms with van der Waals surface area (Å²) >= 11 is 6.86. The Morgan fingerprint density at radius 1 is 0.912 bits per heavy atom. The number of esters is 4. The molecule has 192 valence electrons. The molecule has 1 saturated heterocycles. The van der Waals surface area contributed by atoms with Gasteiger partial charge < -0.3 is 28.6 Å². The van der Waals surface area contributed by atoms with Crippen molar-refractivity contribution in [1.82, 2.24) is 4.90 Å². The van der Waals surface area contributed by atoms with Gasteiger partial charge in [0.1, 0.15) is 17.0 Å². The first-order valence-corrected chi connectivity index (χ1v) is 12.6. The molecular formula is C22H33NO9S2. The number of rotatable bonds is 10. The van der Waals surface area contributed by atoms with E-state index in [0.29, 0.717) is 10.2 Å². The molecule has 0 aromatic carbocycles. The Hall–Kier alpha value is -1.92. The maximum atomic E-state index is 11.9. The number of hydrogen-bond donors (Lipinski definition) is 0. The number of ether oxygens (including phenoxy) is 5. The molecule has 1 saturated carbocycles. The largest absolute Gasteiger partial charge is 0.463 e. The lowest BCUT2D eigenvalue weighted by Crippen LogP contribution is -2.61. The average Bonchev–Trinajstić information content (AvgIpc) is 3.53. The van der Waals surface area contributed by atoms with E-state index >= 15 is 0 Å². The van der Waals surface area contributed by atoms with Gasteiger partial charge in [-0.2, -0.15) is 0 Å². The summed E-state index contributed by atoms with van der Waals surface area (Å²) in [6.07, 6.45) is -1.25. The Morgan fingerprint density at radius 3 is 1.97 bits per heavy atom. The molecule has 1 aliphatic carbocycles. The van der Waals surface area contributed by atoms with Crippen LogP contribution in [0.2, 0.25) is 0 Å². The molecule has 0 aromatic heterocycles. The van der Waals surface area contributed by atoms with Gasteiger partial charge in [0, 0.05) is 40.8 Å². The van der Waals surface area contributed by atoms with Crippen molar-refractivity contribution in [1.29, 1.82) is 0 Å². The summed E-state index contributed by atoms with van der Waals surface area (Å²) in [5, 5.41) is 0. The highest BCUT2D eigenvalue weighted by Crippen LogP contribution is 2.37. The van der Waals surface area contributed by atoms with Gasteiger partial charge in [0.25, 0.3) is 0 Å². The maximum Gasteiger partial charge on any atom is 0.303 e. The summed E-state index contributed by atoms with van der Waals surface area (Å²) in [5.41, 5.74) is -0.897. The molecule has 1 heterocycles. The number of nitrogens with zero attached hydrogens (tertiary/aromatic N) is 1. The van der Waals surface area contributed by atoms with Gasteiger partial charge in [-0.3, -0.25) is 19.2 Å². The third kappa shape index (κ3) is 9.03. The van der Waals surface area contributed by atoms with Crippen LogP contribution in [0.3, 0.4) is 0 Å². The lowest BCUT2D eigenvalue weighted by atomic mass is 9.99. The van der Waals surface area contributed by atoms with E-state index < -0.39 is 53.7 Å². The molecule has 0 radical (unpaired) electrons.